The number of ether oxygens (including phenoxy) is 1. The van der Waals surface area contributed by atoms with Gasteiger partial charge in [-0.2, -0.15) is 13.2 Å². The van der Waals surface area contributed by atoms with Crippen LogP contribution in [0.25, 0.3) is 20.8 Å². The Morgan fingerprint density at radius 1 is 0.967 bits per heavy atom. The Bertz CT molecular complexity index is 1190. The van der Waals surface area contributed by atoms with Gasteiger partial charge in [0.05, 0.1) is 34.3 Å². The summed E-state index contributed by atoms with van der Waals surface area (Å²) in [6.45, 7) is 0. The SMILES string of the molecule is COc1ccc2sc(-c3ccc(NNc4ccc(O)cc4C(F)(F)F)cc3)nc2c1. The number of thiazole rings is 1. The fourth-order valence-electron chi connectivity index (χ4n) is 2.87. The van der Waals surface area contributed by atoms with Crippen LogP contribution in [0.5, 0.6) is 11.5 Å². The molecule has 0 saturated heterocycles. The summed E-state index contributed by atoms with van der Waals surface area (Å²) in [6, 6.07) is 15.9. The summed E-state index contributed by atoms with van der Waals surface area (Å²) in [4.78, 5) is 4.62. The Balaban J connectivity index is 1.51. The first-order valence-corrected chi connectivity index (χ1v) is 9.62. The van der Waals surface area contributed by atoms with Gasteiger partial charge >= 0.3 is 6.18 Å². The lowest BCUT2D eigenvalue weighted by atomic mass is 10.1. The molecule has 0 amide bonds. The maximum atomic E-state index is 13.1. The first kappa shape index (κ1) is 19.8. The number of anilines is 2. The smallest absolute Gasteiger partial charge is 0.418 e. The van der Waals surface area contributed by atoms with Crippen LogP contribution in [0.4, 0.5) is 24.5 Å². The number of aromatic nitrogens is 1. The van der Waals surface area contributed by atoms with E-state index in [1.54, 1.807) is 30.6 Å². The van der Waals surface area contributed by atoms with Crippen molar-refractivity contribution >= 4 is 32.9 Å². The van der Waals surface area contributed by atoms with Gasteiger partial charge in [-0.1, -0.05) is 0 Å². The van der Waals surface area contributed by atoms with Gasteiger partial charge in [0.25, 0.3) is 0 Å². The molecule has 3 N–H and O–H groups in total. The molecule has 0 aliphatic heterocycles. The number of benzene rings is 3. The van der Waals surface area contributed by atoms with E-state index in [4.69, 9.17) is 4.74 Å². The molecule has 0 fully saturated rings. The highest BCUT2D eigenvalue weighted by Crippen LogP contribution is 2.37. The number of phenols is 1. The molecule has 4 rings (SSSR count). The third-order valence-corrected chi connectivity index (χ3v) is 5.46. The van der Waals surface area contributed by atoms with Crippen molar-refractivity contribution in [3.8, 4) is 22.1 Å². The number of rotatable bonds is 5. The van der Waals surface area contributed by atoms with Crippen molar-refractivity contribution in [3.63, 3.8) is 0 Å². The van der Waals surface area contributed by atoms with E-state index in [0.717, 1.165) is 32.6 Å². The zero-order chi connectivity index (χ0) is 21.3. The van der Waals surface area contributed by atoms with Crippen molar-refractivity contribution in [3.05, 3.63) is 66.2 Å². The first-order chi connectivity index (χ1) is 14.3. The third kappa shape index (κ3) is 4.11. The van der Waals surface area contributed by atoms with Gasteiger partial charge in [0.2, 0.25) is 0 Å². The number of phenolic OH excluding ortho intramolecular Hbond substituents is 1. The first-order valence-electron chi connectivity index (χ1n) is 8.81. The van der Waals surface area contributed by atoms with E-state index in [1.165, 1.54) is 6.07 Å². The maximum Gasteiger partial charge on any atom is 0.418 e. The number of fused-ring (bicyclic) bond motifs is 1. The molecule has 1 aromatic heterocycles. The fraction of sp³-hybridized carbons (Fsp3) is 0.0952. The second-order valence-electron chi connectivity index (χ2n) is 6.41. The number of nitrogens with zero attached hydrogens (tertiary/aromatic N) is 1. The second kappa shape index (κ2) is 7.75. The number of aromatic hydroxyl groups is 1. The predicted molar refractivity (Wildman–Crippen MR) is 112 cm³/mol. The minimum atomic E-state index is -4.60. The molecule has 0 aliphatic rings. The minimum Gasteiger partial charge on any atom is -0.508 e. The van der Waals surface area contributed by atoms with Crippen molar-refractivity contribution in [2.75, 3.05) is 18.0 Å². The number of hydrogen-bond donors (Lipinski definition) is 3. The van der Waals surface area contributed by atoms with Gasteiger partial charge in [-0.15, -0.1) is 11.3 Å². The van der Waals surface area contributed by atoms with Crippen LogP contribution in [0.2, 0.25) is 0 Å². The topological polar surface area (TPSA) is 66.4 Å². The number of hydrogen-bond acceptors (Lipinski definition) is 6. The predicted octanol–water partition coefficient (Wildman–Crippen LogP) is 6.14. The monoisotopic (exact) mass is 431 g/mol. The Kier molecular flexibility index (Phi) is 5.13. The molecule has 30 heavy (non-hydrogen) atoms. The Labute approximate surface area is 173 Å². The van der Waals surface area contributed by atoms with Crippen molar-refractivity contribution < 1.29 is 23.0 Å². The van der Waals surface area contributed by atoms with E-state index < -0.39 is 17.5 Å². The standard InChI is InChI=1S/C21H16F3N3O2S/c1-29-15-7-9-19-18(11-15)25-20(30-19)12-2-4-13(5-3-12)26-27-17-8-6-14(28)10-16(17)21(22,23)24/h2-11,26-28H,1H3. The molecule has 0 radical (unpaired) electrons. The summed E-state index contributed by atoms with van der Waals surface area (Å²) in [5, 5.41) is 10.2. The molecule has 0 unspecified atom stereocenters. The largest absolute Gasteiger partial charge is 0.508 e. The van der Waals surface area contributed by atoms with Gasteiger partial charge in [0.15, 0.2) is 0 Å². The van der Waals surface area contributed by atoms with E-state index in [9.17, 15) is 18.3 Å². The summed E-state index contributed by atoms with van der Waals surface area (Å²) in [6.07, 6.45) is -4.60. The van der Waals surface area contributed by atoms with E-state index in [0.29, 0.717) is 11.8 Å². The van der Waals surface area contributed by atoms with Crippen molar-refractivity contribution in [2.24, 2.45) is 0 Å². The molecule has 0 atom stereocenters. The van der Waals surface area contributed by atoms with E-state index in [2.05, 4.69) is 15.8 Å². The second-order valence-corrected chi connectivity index (χ2v) is 7.44. The Hall–Kier alpha value is -3.46. The Morgan fingerprint density at radius 2 is 1.73 bits per heavy atom. The molecular weight excluding hydrogens is 415 g/mol. The van der Waals surface area contributed by atoms with E-state index >= 15 is 0 Å². The van der Waals surface area contributed by atoms with Gasteiger partial charge in [0, 0.05) is 11.6 Å². The summed E-state index contributed by atoms with van der Waals surface area (Å²) >= 11 is 1.54. The third-order valence-electron chi connectivity index (χ3n) is 4.38. The number of methoxy groups -OCH3 is 1. The minimum absolute atomic E-state index is 0.190. The highest BCUT2D eigenvalue weighted by Gasteiger charge is 2.34. The lowest BCUT2D eigenvalue weighted by molar-refractivity contribution is -0.137. The molecule has 0 spiro atoms. The lowest BCUT2D eigenvalue weighted by Gasteiger charge is -2.16. The number of halogens is 3. The number of hydrazine groups is 1. The number of alkyl halides is 3. The van der Waals surface area contributed by atoms with Crippen LogP contribution in [0.1, 0.15) is 5.56 Å². The van der Waals surface area contributed by atoms with Crippen LogP contribution in [0.15, 0.2) is 60.7 Å². The quantitative estimate of drug-likeness (QED) is 0.262. The summed E-state index contributed by atoms with van der Waals surface area (Å²) in [5.74, 6) is 0.281. The van der Waals surface area contributed by atoms with Crippen LogP contribution < -0.4 is 15.6 Å². The molecule has 1 heterocycles. The zero-order valence-corrected chi connectivity index (χ0v) is 16.4. The lowest BCUT2D eigenvalue weighted by Crippen LogP contribution is -2.14. The van der Waals surface area contributed by atoms with Crippen molar-refractivity contribution in [1.82, 2.24) is 4.98 Å². The molecule has 9 heteroatoms. The van der Waals surface area contributed by atoms with E-state index in [1.807, 2.05) is 30.3 Å². The zero-order valence-electron chi connectivity index (χ0n) is 15.6. The fourth-order valence-corrected chi connectivity index (χ4v) is 3.82. The average molecular weight is 431 g/mol. The molecule has 0 saturated carbocycles. The van der Waals surface area contributed by atoms with Crippen molar-refractivity contribution in [2.45, 2.75) is 6.18 Å². The van der Waals surface area contributed by atoms with Crippen LogP contribution >= 0.6 is 11.3 Å². The van der Waals surface area contributed by atoms with E-state index in [-0.39, 0.29) is 5.69 Å². The van der Waals surface area contributed by atoms with Crippen LogP contribution in [-0.4, -0.2) is 17.2 Å². The summed E-state index contributed by atoms with van der Waals surface area (Å²) < 4.78 is 45.7. The van der Waals surface area contributed by atoms with Gasteiger partial charge in [0.1, 0.15) is 16.5 Å². The maximum absolute atomic E-state index is 13.1. The van der Waals surface area contributed by atoms with Crippen molar-refractivity contribution in [1.29, 1.82) is 0 Å². The van der Waals surface area contributed by atoms with Crippen LogP contribution in [0.3, 0.4) is 0 Å². The molecular formula is C21H16F3N3O2S. The summed E-state index contributed by atoms with van der Waals surface area (Å²) in [7, 11) is 1.60. The van der Waals surface area contributed by atoms with Gasteiger partial charge < -0.3 is 20.7 Å². The normalized spacial score (nSPS) is 11.5. The molecule has 154 valence electrons. The van der Waals surface area contributed by atoms with Gasteiger partial charge in [-0.3, -0.25) is 0 Å². The number of nitrogens with one attached hydrogen (secondary N) is 2. The van der Waals surface area contributed by atoms with Crippen LogP contribution in [0, 0.1) is 0 Å². The summed E-state index contributed by atoms with van der Waals surface area (Å²) in [5.41, 5.74) is 6.45. The van der Waals surface area contributed by atoms with Crippen LogP contribution in [-0.2, 0) is 6.18 Å². The molecule has 5 nitrogen and oxygen atoms in total. The highest BCUT2D eigenvalue weighted by atomic mass is 32.1. The average Bonchev–Trinajstić information content (AvgIpc) is 3.15. The molecule has 0 bridgehead atoms. The Morgan fingerprint density at radius 3 is 2.43 bits per heavy atom. The molecule has 4 aromatic rings. The van der Waals surface area contributed by atoms with Gasteiger partial charge in [-0.05, 0) is 54.6 Å². The molecule has 3 aromatic carbocycles. The molecule has 0 aliphatic carbocycles. The highest BCUT2D eigenvalue weighted by molar-refractivity contribution is 7.21. The van der Waals surface area contributed by atoms with Gasteiger partial charge in [-0.25, -0.2) is 4.98 Å².